The Labute approximate surface area is 107 Å². The van der Waals surface area contributed by atoms with Crippen LogP contribution in [0.25, 0.3) is 0 Å². The van der Waals surface area contributed by atoms with Gasteiger partial charge in [-0.3, -0.25) is 14.9 Å². The summed E-state index contributed by atoms with van der Waals surface area (Å²) < 4.78 is 0. The average molecular weight is 246 g/mol. The number of anilines is 1. The molecule has 1 fully saturated rings. The van der Waals surface area contributed by atoms with Gasteiger partial charge in [-0.2, -0.15) is 0 Å². The molecular weight excluding hydrogens is 228 g/mol. The summed E-state index contributed by atoms with van der Waals surface area (Å²) in [5, 5.41) is 2.42. The molecule has 4 heteroatoms. The molecule has 0 aromatic heterocycles. The van der Waals surface area contributed by atoms with E-state index in [0.29, 0.717) is 12.1 Å². The molecule has 0 aliphatic carbocycles. The fourth-order valence-electron chi connectivity index (χ4n) is 2.50. The number of unbranched alkanes of at least 4 members (excludes halogenated alkanes) is 1. The van der Waals surface area contributed by atoms with Crippen molar-refractivity contribution in [3.05, 3.63) is 29.8 Å². The summed E-state index contributed by atoms with van der Waals surface area (Å²) in [5.41, 5.74) is 6.51. The lowest BCUT2D eigenvalue weighted by Crippen LogP contribution is -2.35. The second kappa shape index (κ2) is 4.80. The molecule has 0 spiro atoms. The molecule has 1 heterocycles. The summed E-state index contributed by atoms with van der Waals surface area (Å²) in [4.78, 5) is 23.7. The van der Waals surface area contributed by atoms with E-state index in [1.807, 2.05) is 12.1 Å². The molecule has 1 unspecified atom stereocenters. The lowest BCUT2D eigenvalue weighted by atomic mass is 9.75. The molecule has 2 amide bonds. The Bertz CT molecular complexity index is 467. The van der Waals surface area contributed by atoms with E-state index in [9.17, 15) is 9.59 Å². The van der Waals surface area contributed by atoms with E-state index in [0.717, 1.165) is 18.4 Å². The van der Waals surface area contributed by atoms with Crippen molar-refractivity contribution in [1.82, 2.24) is 5.32 Å². The summed E-state index contributed by atoms with van der Waals surface area (Å²) >= 11 is 0. The van der Waals surface area contributed by atoms with Crippen LogP contribution in [0.15, 0.2) is 24.3 Å². The molecule has 1 atom stereocenters. The summed E-state index contributed by atoms with van der Waals surface area (Å²) in [5.74, 6) is -0.362. The molecule has 0 saturated carbocycles. The molecule has 0 radical (unpaired) electrons. The van der Waals surface area contributed by atoms with Crippen molar-refractivity contribution in [1.29, 1.82) is 0 Å². The monoisotopic (exact) mass is 246 g/mol. The van der Waals surface area contributed by atoms with E-state index >= 15 is 0 Å². The number of hydrogen-bond donors (Lipinski definition) is 2. The number of hydrogen-bond acceptors (Lipinski definition) is 3. The Kier molecular flexibility index (Phi) is 3.36. The summed E-state index contributed by atoms with van der Waals surface area (Å²) in [6.45, 7) is 2.07. The first kappa shape index (κ1) is 12.6. The molecule has 1 aromatic carbocycles. The predicted octanol–water partition coefficient (Wildman–Crippen LogP) is 1.74. The van der Waals surface area contributed by atoms with Crippen molar-refractivity contribution in [2.75, 3.05) is 5.73 Å². The minimum absolute atomic E-state index is 0.175. The maximum absolute atomic E-state index is 12.1. The first-order chi connectivity index (χ1) is 8.58. The van der Waals surface area contributed by atoms with Gasteiger partial charge in [0, 0.05) is 12.1 Å². The van der Waals surface area contributed by atoms with Crippen LogP contribution in [0, 0.1) is 0 Å². The Hall–Kier alpha value is -1.84. The maximum atomic E-state index is 12.1. The summed E-state index contributed by atoms with van der Waals surface area (Å²) in [6, 6.07) is 7.25. The SMILES string of the molecule is CCCCC1(c2ccc(N)cc2)CC(=O)NC1=O. The van der Waals surface area contributed by atoms with Crippen molar-refractivity contribution in [2.45, 2.75) is 38.0 Å². The number of nitrogens with two attached hydrogens (primary N) is 1. The number of rotatable bonds is 4. The van der Waals surface area contributed by atoms with Crippen LogP contribution in [0.5, 0.6) is 0 Å². The van der Waals surface area contributed by atoms with Crippen LogP contribution < -0.4 is 11.1 Å². The largest absolute Gasteiger partial charge is 0.399 e. The number of nitrogen functional groups attached to an aromatic ring is 1. The number of benzene rings is 1. The van der Waals surface area contributed by atoms with E-state index < -0.39 is 5.41 Å². The molecule has 4 nitrogen and oxygen atoms in total. The second-order valence-electron chi connectivity index (χ2n) is 4.86. The number of carbonyl (C=O) groups is 2. The van der Waals surface area contributed by atoms with Gasteiger partial charge in [0.2, 0.25) is 11.8 Å². The van der Waals surface area contributed by atoms with Crippen molar-refractivity contribution in [3.63, 3.8) is 0 Å². The van der Waals surface area contributed by atoms with Crippen LogP contribution in [0.1, 0.15) is 38.2 Å². The fraction of sp³-hybridized carbons (Fsp3) is 0.429. The van der Waals surface area contributed by atoms with Gasteiger partial charge >= 0.3 is 0 Å². The van der Waals surface area contributed by atoms with Crippen molar-refractivity contribution >= 4 is 17.5 Å². The van der Waals surface area contributed by atoms with Crippen LogP contribution in [-0.2, 0) is 15.0 Å². The third-order valence-corrected chi connectivity index (χ3v) is 3.57. The van der Waals surface area contributed by atoms with Gasteiger partial charge in [-0.25, -0.2) is 0 Å². The summed E-state index contributed by atoms with van der Waals surface area (Å²) in [6.07, 6.45) is 2.87. The highest BCUT2D eigenvalue weighted by atomic mass is 16.2. The van der Waals surface area contributed by atoms with Crippen LogP contribution >= 0.6 is 0 Å². The van der Waals surface area contributed by atoms with Gasteiger partial charge in [0.05, 0.1) is 5.41 Å². The smallest absolute Gasteiger partial charge is 0.237 e. The lowest BCUT2D eigenvalue weighted by molar-refractivity contribution is -0.126. The number of imide groups is 1. The van der Waals surface area contributed by atoms with E-state index in [1.54, 1.807) is 12.1 Å². The fourth-order valence-corrected chi connectivity index (χ4v) is 2.50. The van der Waals surface area contributed by atoms with Crippen molar-refractivity contribution < 1.29 is 9.59 Å². The highest BCUT2D eigenvalue weighted by molar-refractivity contribution is 6.09. The molecule has 0 bridgehead atoms. The van der Waals surface area contributed by atoms with Gasteiger partial charge in [-0.15, -0.1) is 0 Å². The highest BCUT2D eigenvalue weighted by Gasteiger charge is 2.47. The molecule has 1 aromatic rings. The minimum Gasteiger partial charge on any atom is -0.399 e. The number of nitrogens with one attached hydrogen (secondary N) is 1. The van der Waals surface area contributed by atoms with E-state index in [4.69, 9.17) is 5.73 Å². The molecule has 96 valence electrons. The average Bonchev–Trinajstić information content (AvgIpc) is 2.63. The third-order valence-electron chi connectivity index (χ3n) is 3.57. The normalized spacial score (nSPS) is 23.2. The third kappa shape index (κ3) is 2.10. The van der Waals surface area contributed by atoms with Crippen molar-refractivity contribution in [2.24, 2.45) is 0 Å². The van der Waals surface area contributed by atoms with Crippen LogP contribution in [0.4, 0.5) is 5.69 Å². The molecule has 18 heavy (non-hydrogen) atoms. The molecule has 2 rings (SSSR count). The van der Waals surface area contributed by atoms with Gasteiger partial charge in [-0.05, 0) is 24.1 Å². The Morgan fingerprint density at radius 1 is 1.28 bits per heavy atom. The van der Waals surface area contributed by atoms with Gasteiger partial charge < -0.3 is 5.73 Å². The highest BCUT2D eigenvalue weighted by Crippen LogP contribution is 2.37. The van der Waals surface area contributed by atoms with Gasteiger partial charge in [0.1, 0.15) is 0 Å². The number of carbonyl (C=O) groups excluding carboxylic acids is 2. The first-order valence-corrected chi connectivity index (χ1v) is 6.29. The Morgan fingerprint density at radius 2 is 1.94 bits per heavy atom. The summed E-state index contributed by atoms with van der Waals surface area (Å²) in [7, 11) is 0. The van der Waals surface area contributed by atoms with Gasteiger partial charge in [0.15, 0.2) is 0 Å². The minimum atomic E-state index is -0.694. The molecule has 3 N–H and O–H groups in total. The molecule has 1 aliphatic rings. The lowest BCUT2D eigenvalue weighted by Gasteiger charge is -2.25. The zero-order chi connectivity index (χ0) is 13.2. The standard InChI is InChI=1S/C14H18N2O2/c1-2-3-8-14(9-12(17)16-13(14)18)10-4-6-11(15)7-5-10/h4-7H,2-3,8-9,15H2,1H3,(H,16,17,18). The zero-order valence-corrected chi connectivity index (χ0v) is 10.5. The van der Waals surface area contributed by atoms with Crippen LogP contribution in [-0.4, -0.2) is 11.8 Å². The quantitative estimate of drug-likeness (QED) is 0.628. The van der Waals surface area contributed by atoms with E-state index in [1.165, 1.54) is 0 Å². The molecular formula is C14H18N2O2. The molecule has 1 saturated heterocycles. The topological polar surface area (TPSA) is 72.2 Å². The molecule has 1 aliphatic heterocycles. The second-order valence-corrected chi connectivity index (χ2v) is 4.86. The van der Waals surface area contributed by atoms with Gasteiger partial charge in [-0.1, -0.05) is 31.9 Å². The van der Waals surface area contributed by atoms with Gasteiger partial charge in [0.25, 0.3) is 0 Å². The first-order valence-electron chi connectivity index (χ1n) is 6.29. The maximum Gasteiger partial charge on any atom is 0.237 e. The zero-order valence-electron chi connectivity index (χ0n) is 10.5. The van der Waals surface area contributed by atoms with Crippen LogP contribution in [0.2, 0.25) is 0 Å². The van der Waals surface area contributed by atoms with Crippen molar-refractivity contribution in [3.8, 4) is 0 Å². The predicted molar refractivity (Wildman–Crippen MR) is 69.8 cm³/mol. The Balaban J connectivity index is 2.39. The number of amides is 2. The van der Waals surface area contributed by atoms with E-state index in [-0.39, 0.29) is 18.2 Å². The van der Waals surface area contributed by atoms with E-state index in [2.05, 4.69) is 12.2 Å². The Morgan fingerprint density at radius 3 is 2.44 bits per heavy atom. The van der Waals surface area contributed by atoms with Crippen LogP contribution in [0.3, 0.4) is 0 Å².